The predicted molar refractivity (Wildman–Crippen MR) is 40.7 cm³/mol. The Morgan fingerprint density at radius 2 is 1.18 bits per heavy atom. The molecule has 17 heavy (non-hydrogen) atoms. The highest BCUT2D eigenvalue weighted by Gasteiger charge is 2.63. The summed E-state index contributed by atoms with van der Waals surface area (Å²) in [6.07, 6.45) is -7.86. The van der Waals surface area contributed by atoms with Crippen LogP contribution < -0.4 is 0 Å². The minimum atomic E-state index is -6.43. The molecule has 0 spiro atoms. The average molecular weight is 315 g/mol. The molecule has 0 heterocycles. The van der Waals surface area contributed by atoms with Gasteiger partial charge in [0.15, 0.2) is 5.83 Å². The standard InChI is InChI=1S/C6HCl2F9/c7-3(10,5(8,13)14)1-2(9)4(11,12)6(15,16)17/h1H. The van der Waals surface area contributed by atoms with Gasteiger partial charge in [-0.15, -0.1) is 0 Å². The summed E-state index contributed by atoms with van der Waals surface area (Å²) < 4.78 is 108. The van der Waals surface area contributed by atoms with Crippen LogP contribution in [0.4, 0.5) is 39.5 Å². The van der Waals surface area contributed by atoms with Crippen LogP contribution in [0.25, 0.3) is 0 Å². The van der Waals surface area contributed by atoms with Gasteiger partial charge in [0.2, 0.25) is 0 Å². The monoisotopic (exact) mass is 314 g/mol. The molecule has 0 aliphatic rings. The van der Waals surface area contributed by atoms with Crippen molar-refractivity contribution >= 4 is 23.2 Å². The van der Waals surface area contributed by atoms with E-state index in [9.17, 15) is 39.5 Å². The van der Waals surface area contributed by atoms with Crippen LogP contribution in [-0.4, -0.2) is 22.6 Å². The lowest BCUT2D eigenvalue weighted by atomic mass is 10.2. The highest BCUT2D eigenvalue weighted by molar-refractivity contribution is 6.33. The second-order valence-corrected chi connectivity index (χ2v) is 3.71. The molecule has 1 atom stereocenters. The third-order valence-electron chi connectivity index (χ3n) is 1.34. The third kappa shape index (κ3) is 3.57. The van der Waals surface area contributed by atoms with Crippen LogP contribution in [0.1, 0.15) is 0 Å². The number of hydrogen-bond donors (Lipinski definition) is 0. The van der Waals surface area contributed by atoms with Crippen LogP contribution in [0.2, 0.25) is 0 Å². The maximum atomic E-state index is 12.6. The van der Waals surface area contributed by atoms with Crippen molar-refractivity contribution in [2.45, 2.75) is 22.6 Å². The fourth-order valence-electron chi connectivity index (χ4n) is 0.467. The molecule has 11 heteroatoms. The Morgan fingerprint density at radius 1 is 0.824 bits per heavy atom. The number of hydrogen-bond acceptors (Lipinski definition) is 0. The Morgan fingerprint density at radius 3 is 1.41 bits per heavy atom. The van der Waals surface area contributed by atoms with Crippen molar-refractivity contribution in [3.05, 3.63) is 11.9 Å². The van der Waals surface area contributed by atoms with Crippen molar-refractivity contribution in [1.82, 2.24) is 0 Å². The Hall–Kier alpha value is -0.310. The molecule has 0 radical (unpaired) electrons. The number of alkyl halides is 10. The molecule has 0 aromatic heterocycles. The van der Waals surface area contributed by atoms with E-state index in [4.69, 9.17) is 0 Å². The highest BCUT2D eigenvalue weighted by atomic mass is 35.5. The largest absolute Gasteiger partial charge is 0.460 e. The summed E-state index contributed by atoms with van der Waals surface area (Å²) in [6.45, 7) is 0. The SMILES string of the molecule is FC(=CC(F)(Cl)C(F)(F)Cl)C(F)(F)C(F)(F)F. The van der Waals surface area contributed by atoms with Gasteiger partial charge in [0, 0.05) is 6.08 Å². The zero-order chi connectivity index (χ0) is 14.3. The van der Waals surface area contributed by atoms with Crippen molar-refractivity contribution < 1.29 is 39.5 Å². The lowest BCUT2D eigenvalue weighted by Crippen LogP contribution is -2.39. The fraction of sp³-hybridized carbons (Fsp3) is 0.667. The van der Waals surface area contributed by atoms with Crippen LogP contribution in [0.15, 0.2) is 11.9 Å². The smallest absolute Gasteiger partial charge is 0.213 e. The minimum Gasteiger partial charge on any atom is -0.213 e. The van der Waals surface area contributed by atoms with Crippen molar-refractivity contribution in [3.63, 3.8) is 0 Å². The first-order valence-electron chi connectivity index (χ1n) is 3.41. The molecule has 0 aromatic carbocycles. The molecule has 0 rings (SSSR count). The van der Waals surface area contributed by atoms with Gasteiger partial charge >= 0.3 is 17.5 Å². The van der Waals surface area contributed by atoms with Gasteiger partial charge in [-0.2, -0.15) is 30.7 Å². The van der Waals surface area contributed by atoms with E-state index in [2.05, 4.69) is 23.2 Å². The number of allylic oxidation sites excluding steroid dienone is 2. The van der Waals surface area contributed by atoms with Gasteiger partial charge in [0.1, 0.15) is 0 Å². The lowest BCUT2D eigenvalue weighted by Gasteiger charge is -2.22. The van der Waals surface area contributed by atoms with Gasteiger partial charge in [0.05, 0.1) is 0 Å². The van der Waals surface area contributed by atoms with Crippen molar-refractivity contribution in [3.8, 4) is 0 Å². The molecule has 1 unspecified atom stereocenters. The molecular formula is C6HCl2F9. The number of halogens is 11. The second kappa shape index (κ2) is 4.42. The molecule has 0 amide bonds. The van der Waals surface area contributed by atoms with E-state index in [1.165, 1.54) is 0 Å². The molecule has 0 fully saturated rings. The summed E-state index contributed by atoms with van der Waals surface area (Å²) in [7, 11) is 0. The van der Waals surface area contributed by atoms with Crippen LogP contribution in [0.5, 0.6) is 0 Å². The van der Waals surface area contributed by atoms with Gasteiger partial charge in [0.25, 0.3) is 5.13 Å². The third-order valence-corrected chi connectivity index (χ3v) is 2.06. The maximum Gasteiger partial charge on any atom is 0.460 e. The van der Waals surface area contributed by atoms with Crippen LogP contribution in [-0.2, 0) is 0 Å². The quantitative estimate of drug-likeness (QED) is 0.520. The van der Waals surface area contributed by atoms with E-state index in [1.54, 1.807) is 0 Å². The zero-order valence-electron chi connectivity index (χ0n) is 7.23. The zero-order valence-corrected chi connectivity index (χ0v) is 8.75. The van der Waals surface area contributed by atoms with Crippen LogP contribution >= 0.6 is 23.2 Å². The first kappa shape index (κ1) is 16.7. The first-order valence-corrected chi connectivity index (χ1v) is 4.16. The Bertz CT molecular complexity index is 310. The maximum absolute atomic E-state index is 12.6. The molecule has 0 N–H and O–H groups in total. The van der Waals surface area contributed by atoms with E-state index in [1.807, 2.05) is 0 Å². The highest BCUT2D eigenvalue weighted by Crippen LogP contribution is 2.46. The van der Waals surface area contributed by atoms with Gasteiger partial charge in [-0.25, -0.2) is 8.78 Å². The van der Waals surface area contributed by atoms with Crippen LogP contribution in [0.3, 0.4) is 0 Å². The molecule has 0 aromatic rings. The topological polar surface area (TPSA) is 0 Å². The summed E-state index contributed by atoms with van der Waals surface area (Å²) in [4.78, 5) is 0. The normalized spacial score (nSPS) is 19.1. The summed E-state index contributed by atoms with van der Waals surface area (Å²) in [6, 6.07) is 0. The van der Waals surface area contributed by atoms with Crippen molar-refractivity contribution in [2.24, 2.45) is 0 Å². The average Bonchev–Trinajstić information content (AvgIpc) is 1.98. The minimum absolute atomic E-state index is 1.44. The van der Waals surface area contributed by atoms with E-state index >= 15 is 0 Å². The Labute approximate surface area is 98.0 Å². The lowest BCUT2D eigenvalue weighted by molar-refractivity contribution is -0.270. The molecule has 0 nitrogen and oxygen atoms in total. The van der Waals surface area contributed by atoms with E-state index in [0.717, 1.165) is 0 Å². The van der Waals surface area contributed by atoms with Gasteiger partial charge in [-0.1, -0.05) is 11.6 Å². The molecule has 0 aliphatic carbocycles. The molecule has 102 valence electrons. The van der Waals surface area contributed by atoms with E-state index < -0.39 is 34.5 Å². The van der Waals surface area contributed by atoms with Gasteiger partial charge < -0.3 is 0 Å². The molecular weight excluding hydrogens is 314 g/mol. The Kier molecular flexibility index (Phi) is 4.34. The molecule has 0 bridgehead atoms. The fourth-order valence-corrected chi connectivity index (χ4v) is 0.617. The summed E-state index contributed by atoms with van der Waals surface area (Å²) in [5.41, 5.74) is 0. The second-order valence-electron chi connectivity index (χ2n) is 2.69. The first-order chi connectivity index (χ1) is 7.13. The van der Waals surface area contributed by atoms with Crippen molar-refractivity contribution in [1.29, 1.82) is 0 Å². The van der Waals surface area contributed by atoms with Gasteiger partial charge in [-0.3, -0.25) is 0 Å². The van der Waals surface area contributed by atoms with Crippen LogP contribution in [0, 0.1) is 0 Å². The van der Waals surface area contributed by atoms with Gasteiger partial charge in [-0.05, 0) is 11.6 Å². The van der Waals surface area contributed by atoms with Crippen molar-refractivity contribution in [2.75, 3.05) is 0 Å². The summed E-state index contributed by atoms with van der Waals surface area (Å²) >= 11 is 8.15. The molecule has 0 saturated heterocycles. The summed E-state index contributed by atoms with van der Waals surface area (Å²) in [5.74, 6) is -9.68. The molecule has 0 saturated carbocycles. The summed E-state index contributed by atoms with van der Waals surface area (Å²) in [5, 5.41) is -9.80. The Balaban J connectivity index is 5.40. The van der Waals surface area contributed by atoms with E-state index in [-0.39, 0.29) is 0 Å². The predicted octanol–water partition coefficient (Wildman–Crippen LogP) is 4.77. The number of rotatable bonds is 3. The molecule has 0 aliphatic heterocycles. The van der Waals surface area contributed by atoms with E-state index in [0.29, 0.717) is 0 Å².